The first-order valence-electron chi connectivity index (χ1n) is 9.27. The van der Waals surface area contributed by atoms with E-state index in [0.29, 0.717) is 23.7 Å². The fourth-order valence-corrected chi connectivity index (χ4v) is 4.25. The molecular weight excluding hydrogens is 368 g/mol. The number of rotatable bonds is 5. The Morgan fingerprint density at radius 2 is 2.07 bits per heavy atom. The maximum atomic E-state index is 13.0. The minimum Gasteiger partial charge on any atom is -0.376 e. The van der Waals surface area contributed by atoms with Gasteiger partial charge in [0.1, 0.15) is 0 Å². The highest BCUT2D eigenvalue weighted by molar-refractivity contribution is 6.32. The summed E-state index contributed by atoms with van der Waals surface area (Å²) in [5, 5.41) is 0.389. The highest BCUT2D eigenvalue weighted by atomic mass is 35.5. The van der Waals surface area contributed by atoms with Crippen LogP contribution in [-0.4, -0.2) is 60.9 Å². The van der Waals surface area contributed by atoms with Crippen LogP contribution in [0.2, 0.25) is 5.02 Å². The van der Waals surface area contributed by atoms with E-state index in [9.17, 15) is 14.4 Å². The Kier molecular flexibility index (Phi) is 5.86. The van der Waals surface area contributed by atoms with Crippen LogP contribution in [0.5, 0.6) is 0 Å². The maximum Gasteiger partial charge on any atom is 0.240 e. The van der Waals surface area contributed by atoms with Crippen molar-refractivity contribution < 1.29 is 19.1 Å². The van der Waals surface area contributed by atoms with Crippen LogP contribution in [0.4, 0.5) is 0 Å². The molecule has 0 N–H and O–H groups in total. The number of carbonyl (C=O) groups excluding carboxylic acids is 3. The molecule has 2 heterocycles. The van der Waals surface area contributed by atoms with Crippen LogP contribution in [0.25, 0.3) is 0 Å². The fraction of sp³-hybridized carbons (Fsp3) is 0.550. The topological polar surface area (TPSA) is 66.9 Å². The van der Waals surface area contributed by atoms with E-state index in [1.54, 1.807) is 36.2 Å². The summed E-state index contributed by atoms with van der Waals surface area (Å²) in [6, 6.07) is 6.94. The molecule has 2 aliphatic rings. The van der Waals surface area contributed by atoms with Crippen molar-refractivity contribution in [1.82, 2.24) is 9.80 Å². The Morgan fingerprint density at radius 3 is 2.67 bits per heavy atom. The average molecular weight is 393 g/mol. The number of ether oxygens (including phenoxy) is 1. The first kappa shape index (κ1) is 19.8. The summed E-state index contributed by atoms with van der Waals surface area (Å²) in [5.41, 5.74) is -0.715. The average Bonchev–Trinajstić information content (AvgIpc) is 2.87. The molecule has 3 amide bonds. The minimum absolute atomic E-state index is 0.0209. The molecule has 2 saturated heterocycles. The van der Waals surface area contributed by atoms with Crippen LogP contribution >= 0.6 is 11.6 Å². The number of benzene rings is 1. The van der Waals surface area contributed by atoms with Crippen molar-refractivity contribution in [3.8, 4) is 0 Å². The summed E-state index contributed by atoms with van der Waals surface area (Å²) >= 11 is 6.35. The number of amides is 3. The summed E-state index contributed by atoms with van der Waals surface area (Å²) in [4.78, 5) is 40.9. The van der Waals surface area contributed by atoms with Gasteiger partial charge < -0.3 is 9.64 Å². The van der Waals surface area contributed by atoms with Crippen LogP contribution in [0.3, 0.4) is 0 Å². The zero-order valence-electron chi connectivity index (χ0n) is 15.7. The van der Waals surface area contributed by atoms with E-state index in [4.69, 9.17) is 16.3 Å². The van der Waals surface area contributed by atoms with Gasteiger partial charge in [-0.15, -0.1) is 0 Å². The SMILES string of the molecule is CN(CC1CCCCO1)C(=O)CC1(c2ccccc2Cl)CC(=O)N(C)C1=O. The van der Waals surface area contributed by atoms with Crippen LogP contribution < -0.4 is 0 Å². The monoisotopic (exact) mass is 392 g/mol. The molecule has 3 rings (SSSR count). The Hall–Kier alpha value is -1.92. The summed E-state index contributed by atoms with van der Waals surface area (Å²) in [7, 11) is 3.17. The zero-order chi connectivity index (χ0) is 19.6. The van der Waals surface area contributed by atoms with E-state index in [2.05, 4.69) is 0 Å². The number of halogens is 1. The quantitative estimate of drug-likeness (QED) is 0.721. The second kappa shape index (κ2) is 7.98. The van der Waals surface area contributed by atoms with Crippen molar-refractivity contribution >= 4 is 29.3 Å². The molecule has 7 heteroatoms. The van der Waals surface area contributed by atoms with Gasteiger partial charge in [0.15, 0.2) is 0 Å². The second-order valence-electron chi connectivity index (χ2n) is 7.44. The molecule has 0 radical (unpaired) electrons. The van der Waals surface area contributed by atoms with Gasteiger partial charge in [0, 0.05) is 45.1 Å². The fourth-order valence-electron chi connectivity index (χ4n) is 3.93. The third-order valence-electron chi connectivity index (χ3n) is 5.56. The third kappa shape index (κ3) is 3.87. The van der Waals surface area contributed by atoms with Crippen LogP contribution in [0.1, 0.15) is 37.7 Å². The number of imide groups is 1. The standard InChI is InChI=1S/C20H25ClN2O4/c1-22(13-14-7-5-6-10-27-14)17(24)11-20(12-18(25)23(2)19(20)26)15-8-3-4-9-16(15)21/h3-4,8-9,14H,5-7,10-13H2,1-2H3. The van der Waals surface area contributed by atoms with Crippen molar-refractivity contribution in [3.63, 3.8) is 0 Å². The number of carbonyl (C=O) groups is 3. The van der Waals surface area contributed by atoms with E-state index in [-0.39, 0.29) is 36.7 Å². The minimum atomic E-state index is -1.25. The normalized spacial score (nSPS) is 25.7. The highest BCUT2D eigenvalue weighted by Crippen LogP contribution is 2.42. The predicted octanol–water partition coefficient (Wildman–Crippen LogP) is 2.38. The highest BCUT2D eigenvalue weighted by Gasteiger charge is 2.53. The zero-order valence-corrected chi connectivity index (χ0v) is 16.5. The Labute approximate surface area is 164 Å². The van der Waals surface area contributed by atoms with Crippen LogP contribution in [0, 0.1) is 0 Å². The smallest absolute Gasteiger partial charge is 0.240 e. The molecule has 0 aliphatic carbocycles. The second-order valence-corrected chi connectivity index (χ2v) is 7.84. The molecule has 27 heavy (non-hydrogen) atoms. The molecule has 1 aromatic rings. The van der Waals surface area contributed by atoms with E-state index < -0.39 is 5.41 Å². The number of hydrogen-bond donors (Lipinski definition) is 0. The molecule has 146 valence electrons. The molecule has 2 aliphatic heterocycles. The van der Waals surface area contributed by atoms with E-state index in [0.717, 1.165) is 24.2 Å². The summed E-state index contributed by atoms with van der Waals surface area (Å²) in [6.45, 7) is 1.20. The van der Waals surface area contributed by atoms with Gasteiger partial charge in [0.05, 0.1) is 11.5 Å². The maximum absolute atomic E-state index is 13.0. The Balaban J connectivity index is 1.84. The Bertz CT molecular complexity index is 747. The summed E-state index contributed by atoms with van der Waals surface area (Å²) in [6.07, 6.45) is 2.95. The molecule has 2 unspecified atom stereocenters. The lowest BCUT2D eigenvalue weighted by Gasteiger charge is -2.31. The number of likely N-dealkylation sites (tertiary alicyclic amines) is 1. The van der Waals surface area contributed by atoms with Crippen LogP contribution in [-0.2, 0) is 24.5 Å². The number of nitrogens with zero attached hydrogens (tertiary/aromatic N) is 2. The lowest BCUT2D eigenvalue weighted by molar-refractivity contribution is -0.141. The van der Waals surface area contributed by atoms with Crippen molar-refractivity contribution in [2.24, 2.45) is 0 Å². The van der Waals surface area contributed by atoms with Crippen molar-refractivity contribution in [2.45, 2.75) is 43.6 Å². The van der Waals surface area contributed by atoms with Crippen molar-refractivity contribution in [1.29, 1.82) is 0 Å². The molecule has 2 fully saturated rings. The van der Waals surface area contributed by atoms with Gasteiger partial charge >= 0.3 is 0 Å². The first-order valence-corrected chi connectivity index (χ1v) is 9.64. The lowest BCUT2D eigenvalue weighted by Crippen LogP contribution is -2.44. The van der Waals surface area contributed by atoms with Gasteiger partial charge in [0.25, 0.3) is 0 Å². The third-order valence-corrected chi connectivity index (χ3v) is 5.89. The van der Waals surface area contributed by atoms with E-state index in [1.165, 1.54) is 7.05 Å². The van der Waals surface area contributed by atoms with Gasteiger partial charge in [-0.1, -0.05) is 29.8 Å². The van der Waals surface area contributed by atoms with Gasteiger partial charge in [-0.25, -0.2) is 0 Å². The Morgan fingerprint density at radius 1 is 1.33 bits per heavy atom. The summed E-state index contributed by atoms with van der Waals surface area (Å²) in [5.74, 6) is -0.872. The van der Waals surface area contributed by atoms with Gasteiger partial charge in [-0.05, 0) is 30.9 Å². The predicted molar refractivity (Wildman–Crippen MR) is 101 cm³/mol. The van der Waals surface area contributed by atoms with E-state index >= 15 is 0 Å². The van der Waals surface area contributed by atoms with Gasteiger partial charge in [-0.3, -0.25) is 19.3 Å². The van der Waals surface area contributed by atoms with E-state index in [1.807, 2.05) is 0 Å². The molecule has 0 bridgehead atoms. The number of hydrogen-bond acceptors (Lipinski definition) is 4. The number of likely N-dealkylation sites (N-methyl/N-ethyl adjacent to an activating group) is 2. The summed E-state index contributed by atoms with van der Waals surface area (Å²) < 4.78 is 5.71. The lowest BCUT2D eigenvalue weighted by atomic mass is 9.75. The van der Waals surface area contributed by atoms with Gasteiger partial charge in [0.2, 0.25) is 17.7 Å². The molecule has 0 saturated carbocycles. The van der Waals surface area contributed by atoms with Gasteiger partial charge in [-0.2, -0.15) is 0 Å². The largest absolute Gasteiger partial charge is 0.376 e. The first-order chi connectivity index (χ1) is 12.8. The van der Waals surface area contributed by atoms with Crippen LogP contribution in [0.15, 0.2) is 24.3 Å². The molecular formula is C20H25ClN2O4. The van der Waals surface area contributed by atoms with Crippen molar-refractivity contribution in [2.75, 3.05) is 27.2 Å². The molecule has 6 nitrogen and oxygen atoms in total. The van der Waals surface area contributed by atoms with Crippen molar-refractivity contribution in [3.05, 3.63) is 34.9 Å². The molecule has 0 spiro atoms. The molecule has 1 aromatic carbocycles. The molecule has 2 atom stereocenters. The molecule has 0 aromatic heterocycles.